The number of nitriles is 1. The normalized spacial score (nSPS) is 23.4. The highest BCUT2D eigenvalue weighted by Crippen LogP contribution is 2.38. The monoisotopic (exact) mass is 508 g/mol. The van der Waals surface area contributed by atoms with Crippen molar-refractivity contribution in [3.63, 3.8) is 0 Å². The fourth-order valence-corrected chi connectivity index (χ4v) is 6.82. The fraction of sp³-hybridized carbons (Fsp3) is 0.469. The SMILES string of the molecule is CCc1cccc(C2(C#N)CCN(Cc3cc4c(c5ccccc35)CN(C3CCCCC3O)C4=O)CC2)n1. The highest BCUT2D eigenvalue weighted by molar-refractivity contribution is 6.05. The van der Waals surface area contributed by atoms with Gasteiger partial charge in [0.25, 0.3) is 5.91 Å². The van der Waals surface area contributed by atoms with Gasteiger partial charge in [0, 0.05) is 37.4 Å². The molecule has 1 amide bonds. The van der Waals surface area contributed by atoms with Gasteiger partial charge in [-0.25, -0.2) is 0 Å². The second kappa shape index (κ2) is 10.1. The molecule has 1 aromatic heterocycles. The van der Waals surface area contributed by atoms with E-state index in [1.807, 2.05) is 23.1 Å². The molecule has 6 heteroatoms. The molecule has 196 valence electrons. The van der Waals surface area contributed by atoms with Gasteiger partial charge in [0.1, 0.15) is 5.41 Å². The summed E-state index contributed by atoms with van der Waals surface area (Å²) in [5, 5.41) is 23.2. The first-order chi connectivity index (χ1) is 18.5. The Morgan fingerprint density at radius 3 is 2.58 bits per heavy atom. The van der Waals surface area contributed by atoms with Crippen LogP contribution in [-0.2, 0) is 24.9 Å². The Labute approximate surface area is 224 Å². The number of carbonyl (C=O) groups excluding carboxylic acids is 1. The van der Waals surface area contributed by atoms with Gasteiger partial charge in [-0.15, -0.1) is 0 Å². The summed E-state index contributed by atoms with van der Waals surface area (Å²) in [6.45, 7) is 5.04. The number of nitrogens with zero attached hydrogens (tertiary/aromatic N) is 4. The number of likely N-dealkylation sites (tertiary alicyclic amines) is 1. The Bertz CT molecular complexity index is 1400. The summed E-state index contributed by atoms with van der Waals surface area (Å²) in [6.07, 6.45) is 5.66. The molecule has 1 N–H and O–H groups in total. The topological polar surface area (TPSA) is 80.5 Å². The minimum absolute atomic E-state index is 0.0574. The molecule has 1 aliphatic carbocycles. The van der Waals surface area contributed by atoms with Gasteiger partial charge in [0.05, 0.1) is 23.9 Å². The number of amides is 1. The van der Waals surface area contributed by atoms with E-state index in [-0.39, 0.29) is 11.9 Å². The number of piperidine rings is 1. The number of aryl methyl sites for hydroxylation is 1. The molecule has 1 saturated carbocycles. The number of benzene rings is 2. The standard InChI is InChI=1S/C32H36N4O2/c1-2-23-8-7-13-30(34-23)32(21-33)14-16-35(17-15-32)19-22-18-26-27(25-10-4-3-9-24(22)25)20-36(31(26)38)28-11-5-6-12-29(28)37/h3-4,7-10,13,18,28-29,37H,2,5-6,11-12,14-17,19-20H2,1H3. The van der Waals surface area contributed by atoms with Crippen LogP contribution in [0.2, 0.25) is 0 Å². The van der Waals surface area contributed by atoms with E-state index in [1.54, 1.807) is 0 Å². The van der Waals surface area contributed by atoms with Crippen molar-refractivity contribution in [2.45, 2.75) is 82.5 Å². The third-order valence-electron chi connectivity index (χ3n) is 9.13. The number of pyridine rings is 1. The molecular formula is C32H36N4O2. The molecule has 1 saturated heterocycles. The summed E-state index contributed by atoms with van der Waals surface area (Å²) < 4.78 is 0. The molecule has 38 heavy (non-hydrogen) atoms. The molecule has 2 aromatic carbocycles. The molecular weight excluding hydrogens is 472 g/mol. The third-order valence-corrected chi connectivity index (χ3v) is 9.13. The molecule has 2 fully saturated rings. The summed E-state index contributed by atoms with van der Waals surface area (Å²) in [5.74, 6) is 0.0574. The zero-order valence-corrected chi connectivity index (χ0v) is 22.2. The van der Waals surface area contributed by atoms with E-state index < -0.39 is 11.5 Å². The Kier molecular flexibility index (Phi) is 6.67. The maximum Gasteiger partial charge on any atom is 0.254 e. The first-order valence-corrected chi connectivity index (χ1v) is 14.2. The van der Waals surface area contributed by atoms with Crippen LogP contribution in [-0.4, -0.2) is 51.0 Å². The molecule has 2 aliphatic heterocycles. The number of fused-ring (bicyclic) bond motifs is 3. The molecule has 0 bridgehead atoms. The second-order valence-electron chi connectivity index (χ2n) is 11.3. The Morgan fingerprint density at radius 2 is 1.84 bits per heavy atom. The van der Waals surface area contributed by atoms with Gasteiger partial charge >= 0.3 is 0 Å². The van der Waals surface area contributed by atoms with E-state index in [0.29, 0.717) is 6.54 Å². The smallest absolute Gasteiger partial charge is 0.254 e. The Balaban J connectivity index is 1.25. The van der Waals surface area contributed by atoms with Gasteiger partial charge in [0.2, 0.25) is 0 Å². The number of aliphatic hydroxyl groups excluding tert-OH is 1. The van der Waals surface area contributed by atoms with Crippen LogP contribution in [0, 0.1) is 11.3 Å². The van der Waals surface area contributed by atoms with Gasteiger partial charge < -0.3 is 10.0 Å². The summed E-state index contributed by atoms with van der Waals surface area (Å²) in [6, 6.07) is 19.1. The molecule has 0 radical (unpaired) electrons. The molecule has 3 aromatic rings. The molecule has 6 nitrogen and oxygen atoms in total. The molecule has 0 spiro atoms. The summed E-state index contributed by atoms with van der Waals surface area (Å²) in [4.78, 5) is 22.8. The minimum atomic E-state index is -0.543. The lowest BCUT2D eigenvalue weighted by Crippen LogP contribution is -2.45. The molecule has 3 heterocycles. The van der Waals surface area contributed by atoms with Crippen molar-refractivity contribution in [2.24, 2.45) is 0 Å². The number of aliphatic hydroxyl groups is 1. The Morgan fingerprint density at radius 1 is 1.08 bits per heavy atom. The average molecular weight is 509 g/mol. The second-order valence-corrected chi connectivity index (χ2v) is 11.3. The minimum Gasteiger partial charge on any atom is -0.391 e. The number of hydrogen-bond acceptors (Lipinski definition) is 5. The summed E-state index contributed by atoms with van der Waals surface area (Å²) in [5.41, 5.74) is 4.44. The van der Waals surface area contributed by atoms with Crippen molar-refractivity contribution in [1.29, 1.82) is 5.26 Å². The van der Waals surface area contributed by atoms with E-state index in [4.69, 9.17) is 4.98 Å². The lowest BCUT2D eigenvalue weighted by atomic mass is 9.76. The molecule has 3 aliphatic rings. The molecule has 2 unspecified atom stereocenters. The van der Waals surface area contributed by atoms with Crippen LogP contribution >= 0.6 is 0 Å². The summed E-state index contributed by atoms with van der Waals surface area (Å²) in [7, 11) is 0. The van der Waals surface area contributed by atoms with Crippen molar-refractivity contribution < 1.29 is 9.90 Å². The first-order valence-electron chi connectivity index (χ1n) is 14.2. The van der Waals surface area contributed by atoms with Gasteiger partial charge in [-0.3, -0.25) is 14.7 Å². The maximum atomic E-state index is 13.6. The van der Waals surface area contributed by atoms with Gasteiger partial charge in [0.15, 0.2) is 0 Å². The molecule has 2 atom stereocenters. The largest absolute Gasteiger partial charge is 0.391 e. The van der Waals surface area contributed by atoms with Gasteiger partial charge in [-0.1, -0.05) is 50.1 Å². The number of rotatable bonds is 5. The van der Waals surface area contributed by atoms with Crippen molar-refractivity contribution in [2.75, 3.05) is 13.1 Å². The zero-order chi connectivity index (χ0) is 26.3. The van der Waals surface area contributed by atoms with Crippen LogP contribution in [0.25, 0.3) is 10.8 Å². The van der Waals surface area contributed by atoms with Crippen LogP contribution in [0.3, 0.4) is 0 Å². The number of carbonyl (C=O) groups is 1. The van der Waals surface area contributed by atoms with E-state index >= 15 is 0 Å². The summed E-state index contributed by atoms with van der Waals surface area (Å²) >= 11 is 0. The van der Waals surface area contributed by atoms with Crippen molar-refractivity contribution in [3.8, 4) is 6.07 Å². The highest BCUT2D eigenvalue weighted by atomic mass is 16.3. The Hall–Kier alpha value is -3.27. The average Bonchev–Trinajstić information content (AvgIpc) is 3.30. The zero-order valence-electron chi connectivity index (χ0n) is 22.2. The van der Waals surface area contributed by atoms with Crippen molar-refractivity contribution in [1.82, 2.24) is 14.8 Å². The van der Waals surface area contributed by atoms with Crippen LogP contribution < -0.4 is 0 Å². The quantitative estimate of drug-likeness (QED) is 0.518. The van der Waals surface area contributed by atoms with Crippen LogP contribution in [0.5, 0.6) is 0 Å². The van der Waals surface area contributed by atoms with Crippen molar-refractivity contribution in [3.05, 3.63) is 76.6 Å². The third kappa shape index (κ3) is 4.28. The maximum absolute atomic E-state index is 13.6. The van der Waals surface area contributed by atoms with Crippen LogP contribution in [0.1, 0.15) is 78.3 Å². The van der Waals surface area contributed by atoms with Crippen molar-refractivity contribution >= 4 is 16.7 Å². The van der Waals surface area contributed by atoms with E-state index in [0.717, 1.165) is 98.0 Å². The van der Waals surface area contributed by atoms with E-state index in [1.165, 1.54) is 5.39 Å². The predicted octanol–water partition coefficient (Wildman–Crippen LogP) is 5.11. The van der Waals surface area contributed by atoms with E-state index in [9.17, 15) is 15.2 Å². The fourth-order valence-electron chi connectivity index (χ4n) is 6.82. The van der Waals surface area contributed by atoms with Crippen LogP contribution in [0.4, 0.5) is 0 Å². The van der Waals surface area contributed by atoms with E-state index in [2.05, 4.69) is 48.2 Å². The highest BCUT2D eigenvalue weighted by Gasteiger charge is 2.40. The van der Waals surface area contributed by atoms with Gasteiger partial charge in [-0.2, -0.15) is 5.26 Å². The lowest BCUT2D eigenvalue weighted by molar-refractivity contribution is 0.0192. The predicted molar refractivity (Wildman–Crippen MR) is 148 cm³/mol. The van der Waals surface area contributed by atoms with Crippen LogP contribution in [0.15, 0.2) is 48.5 Å². The lowest BCUT2D eigenvalue weighted by Gasteiger charge is -2.37. The number of aromatic nitrogens is 1. The number of hydrogen-bond donors (Lipinski definition) is 1. The van der Waals surface area contributed by atoms with Gasteiger partial charge in [-0.05, 0) is 72.2 Å². The first kappa shape index (κ1) is 25.0. The molecule has 6 rings (SSSR count).